The van der Waals surface area contributed by atoms with E-state index in [1.807, 2.05) is 7.05 Å². The largest absolute Gasteiger partial charge is 0.370 e. The third-order valence-electron chi connectivity index (χ3n) is 4.35. The first-order valence-corrected chi connectivity index (χ1v) is 9.22. The molecule has 1 fully saturated rings. The molecule has 1 unspecified atom stereocenters. The first kappa shape index (κ1) is 20.2. The van der Waals surface area contributed by atoms with Crippen LogP contribution in [0.5, 0.6) is 0 Å². The minimum absolute atomic E-state index is 0. The number of aryl methyl sites for hydroxylation is 2. The van der Waals surface area contributed by atoms with E-state index in [1.54, 1.807) is 11.3 Å². The fraction of sp³-hybridized carbons (Fsp3) is 0.421. The highest BCUT2D eigenvalue weighted by molar-refractivity contribution is 14.0. The van der Waals surface area contributed by atoms with Crippen molar-refractivity contribution >= 4 is 41.3 Å². The van der Waals surface area contributed by atoms with Gasteiger partial charge >= 0.3 is 0 Å². The number of thiophene rings is 1. The Bertz CT molecular complexity index is 703. The summed E-state index contributed by atoms with van der Waals surface area (Å²) in [6.45, 7) is 7.52. The number of hydrogen-bond acceptors (Lipinski definition) is 3. The molecule has 0 aliphatic carbocycles. The van der Waals surface area contributed by atoms with Crippen molar-refractivity contribution < 1.29 is 4.74 Å². The lowest BCUT2D eigenvalue weighted by Gasteiger charge is -2.35. The first-order valence-electron chi connectivity index (χ1n) is 8.34. The van der Waals surface area contributed by atoms with E-state index in [0.717, 1.165) is 32.2 Å². The average Bonchev–Trinajstić information content (AvgIpc) is 3.09. The Morgan fingerprint density at radius 3 is 2.88 bits per heavy atom. The van der Waals surface area contributed by atoms with Gasteiger partial charge in [0.15, 0.2) is 5.96 Å². The summed E-state index contributed by atoms with van der Waals surface area (Å²) < 4.78 is 6.04. The van der Waals surface area contributed by atoms with Gasteiger partial charge in [0.1, 0.15) is 6.10 Å². The van der Waals surface area contributed by atoms with Crippen LogP contribution in [0.3, 0.4) is 0 Å². The van der Waals surface area contributed by atoms with E-state index in [2.05, 4.69) is 64.8 Å². The SMILES string of the molecule is CN=C(NCc1cccs1)N1CCOC(c2ccc(C)cc2C)C1.I. The van der Waals surface area contributed by atoms with Gasteiger partial charge < -0.3 is 15.0 Å². The molecule has 2 aromatic rings. The van der Waals surface area contributed by atoms with Crippen molar-refractivity contribution in [1.82, 2.24) is 10.2 Å². The molecular formula is C19H26IN3OS. The Morgan fingerprint density at radius 1 is 1.36 bits per heavy atom. The Morgan fingerprint density at radius 2 is 2.20 bits per heavy atom. The van der Waals surface area contributed by atoms with Crippen molar-refractivity contribution in [3.8, 4) is 0 Å². The molecule has 3 rings (SSSR count). The van der Waals surface area contributed by atoms with Crippen LogP contribution in [0.15, 0.2) is 40.7 Å². The summed E-state index contributed by atoms with van der Waals surface area (Å²) in [6.07, 6.45) is 0.0969. The lowest BCUT2D eigenvalue weighted by Crippen LogP contribution is -2.48. The molecule has 1 saturated heterocycles. The van der Waals surface area contributed by atoms with Crippen LogP contribution in [-0.4, -0.2) is 37.6 Å². The third-order valence-corrected chi connectivity index (χ3v) is 5.23. The summed E-state index contributed by atoms with van der Waals surface area (Å²) in [4.78, 5) is 8.06. The van der Waals surface area contributed by atoms with Crippen molar-refractivity contribution in [3.05, 3.63) is 57.3 Å². The fourth-order valence-electron chi connectivity index (χ4n) is 3.13. The zero-order chi connectivity index (χ0) is 16.9. The molecule has 0 bridgehead atoms. The zero-order valence-electron chi connectivity index (χ0n) is 15.0. The highest BCUT2D eigenvalue weighted by Gasteiger charge is 2.25. The summed E-state index contributed by atoms with van der Waals surface area (Å²) in [5.74, 6) is 0.946. The van der Waals surface area contributed by atoms with Gasteiger partial charge in [0, 0.05) is 18.5 Å². The van der Waals surface area contributed by atoms with Gasteiger partial charge in [0.25, 0.3) is 0 Å². The Hall–Kier alpha value is -1.12. The van der Waals surface area contributed by atoms with Crippen LogP contribution in [0, 0.1) is 13.8 Å². The number of nitrogens with one attached hydrogen (secondary N) is 1. The van der Waals surface area contributed by atoms with Crippen LogP contribution >= 0.6 is 35.3 Å². The number of benzene rings is 1. The molecular weight excluding hydrogens is 445 g/mol. The molecule has 1 aliphatic rings. The van der Waals surface area contributed by atoms with Gasteiger partial charge in [-0.1, -0.05) is 29.8 Å². The minimum Gasteiger partial charge on any atom is -0.370 e. The molecule has 0 saturated carbocycles. The van der Waals surface area contributed by atoms with Crippen LogP contribution in [0.2, 0.25) is 0 Å². The molecule has 0 amide bonds. The lowest BCUT2D eigenvalue weighted by atomic mass is 10.00. The van der Waals surface area contributed by atoms with Crippen molar-refractivity contribution in [1.29, 1.82) is 0 Å². The predicted octanol–water partition coefficient (Wildman–Crippen LogP) is 4.13. The number of halogens is 1. The quantitative estimate of drug-likeness (QED) is 0.416. The van der Waals surface area contributed by atoms with Crippen LogP contribution in [-0.2, 0) is 11.3 Å². The Kier molecular flexibility index (Phi) is 7.71. The van der Waals surface area contributed by atoms with Gasteiger partial charge in [-0.25, -0.2) is 0 Å². The van der Waals surface area contributed by atoms with E-state index in [0.29, 0.717) is 0 Å². The molecule has 1 aromatic heterocycles. The number of hydrogen-bond donors (Lipinski definition) is 1. The smallest absolute Gasteiger partial charge is 0.194 e. The summed E-state index contributed by atoms with van der Waals surface area (Å²) >= 11 is 1.76. The monoisotopic (exact) mass is 471 g/mol. The second kappa shape index (κ2) is 9.54. The van der Waals surface area contributed by atoms with Crippen LogP contribution < -0.4 is 5.32 Å². The van der Waals surface area contributed by atoms with Crippen molar-refractivity contribution in [3.63, 3.8) is 0 Å². The summed E-state index contributed by atoms with van der Waals surface area (Å²) in [7, 11) is 1.85. The fourth-order valence-corrected chi connectivity index (χ4v) is 3.77. The van der Waals surface area contributed by atoms with Crippen molar-refractivity contribution in [2.45, 2.75) is 26.5 Å². The highest BCUT2D eigenvalue weighted by atomic mass is 127. The summed E-state index contributed by atoms with van der Waals surface area (Å²) in [5.41, 5.74) is 3.86. The molecule has 1 aromatic carbocycles. The summed E-state index contributed by atoms with van der Waals surface area (Å²) in [5, 5.41) is 5.57. The van der Waals surface area contributed by atoms with Crippen molar-refractivity contribution in [2.24, 2.45) is 4.99 Å². The molecule has 0 radical (unpaired) electrons. The summed E-state index contributed by atoms with van der Waals surface area (Å²) in [6, 6.07) is 10.8. The van der Waals surface area contributed by atoms with Gasteiger partial charge in [0.2, 0.25) is 0 Å². The van der Waals surface area contributed by atoms with Crippen LogP contribution in [0.25, 0.3) is 0 Å². The second-order valence-corrected chi connectivity index (χ2v) is 7.18. The second-order valence-electron chi connectivity index (χ2n) is 6.15. The van der Waals surface area contributed by atoms with Crippen LogP contribution in [0.4, 0.5) is 0 Å². The molecule has 1 N–H and O–H groups in total. The zero-order valence-corrected chi connectivity index (χ0v) is 18.1. The van der Waals surface area contributed by atoms with Crippen molar-refractivity contribution in [2.75, 3.05) is 26.7 Å². The van der Waals surface area contributed by atoms with E-state index in [-0.39, 0.29) is 30.1 Å². The standard InChI is InChI=1S/C19H25N3OS.HI/c1-14-6-7-17(15(2)11-14)18-13-22(8-9-23-18)19(20-3)21-12-16-5-4-10-24-16;/h4-7,10-11,18H,8-9,12-13H2,1-3H3,(H,20,21);1H. The average molecular weight is 471 g/mol. The van der Waals surface area contributed by atoms with Crippen LogP contribution in [0.1, 0.15) is 27.7 Å². The topological polar surface area (TPSA) is 36.9 Å². The highest BCUT2D eigenvalue weighted by Crippen LogP contribution is 2.26. The molecule has 2 heterocycles. The van der Waals surface area contributed by atoms with E-state index in [1.165, 1.54) is 21.6 Å². The lowest BCUT2D eigenvalue weighted by molar-refractivity contribution is -0.00834. The number of ether oxygens (including phenoxy) is 1. The first-order chi connectivity index (χ1) is 11.7. The normalized spacial score (nSPS) is 18.0. The van der Waals surface area contributed by atoms with Gasteiger partial charge in [-0.15, -0.1) is 35.3 Å². The van der Waals surface area contributed by atoms with Gasteiger partial charge in [-0.05, 0) is 36.4 Å². The molecule has 4 nitrogen and oxygen atoms in total. The van der Waals surface area contributed by atoms with Gasteiger partial charge in [-0.3, -0.25) is 4.99 Å². The molecule has 25 heavy (non-hydrogen) atoms. The Balaban J connectivity index is 0.00000225. The van der Waals surface area contributed by atoms with Gasteiger partial charge in [0.05, 0.1) is 19.7 Å². The molecule has 6 heteroatoms. The number of morpholine rings is 1. The Labute approximate surface area is 171 Å². The van der Waals surface area contributed by atoms with E-state index >= 15 is 0 Å². The number of nitrogens with zero attached hydrogens (tertiary/aromatic N) is 2. The maximum absolute atomic E-state index is 6.04. The third kappa shape index (κ3) is 5.18. The number of aliphatic imine (C=N–C) groups is 1. The maximum atomic E-state index is 6.04. The van der Waals surface area contributed by atoms with E-state index < -0.39 is 0 Å². The van der Waals surface area contributed by atoms with Gasteiger partial charge in [-0.2, -0.15) is 0 Å². The maximum Gasteiger partial charge on any atom is 0.194 e. The predicted molar refractivity (Wildman–Crippen MR) is 116 cm³/mol. The number of rotatable bonds is 3. The molecule has 1 atom stereocenters. The minimum atomic E-state index is 0. The van der Waals surface area contributed by atoms with E-state index in [4.69, 9.17) is 4.74 Å². The number of guanidine groups is 1. The van der Waals surface area contributed by atoms with E-state index in [9.17, 15) is 0 Å². The molecule has 136 valence electrons. The molecule has 0 spiro atoms. The molecule has 1 aliphatic heterocycles.